The van der Waals surface area contributed by atoms with Crippen LogP contribution in [0.2, 0.25) is 0 Å². The number of terminal acetylenes is 1. The summed E-state index contributed by atoms with van der Waals surface area (Å²) in [6, 6.07) is 6.92. The van der Waals surface area contributed by atoms with Crippen molar-refractivity contribution in [3.8, 4) is 12.3 Å². The van der Waals surface area contributed by atoms with Crippen molar-refractivity contribution >= 4 is 11.9 Å². The van der Waals surface area contributed by atoms with Gasteiger partial charge in [-0.25, -0.2) is 4.79 Å². The second kappa shape index (κ2) is 10.1. The van der Waals surface area contributed by atoms with Gasteiger partial charge in [0, 0.05) is 25.1 Å². The number of benzene rings is 1. The molecule has 3 atom stereocenters. The molecule has 0 saturated carbocycles. The number of rotatable bonds is 6. The molecule has 12 heteroatoms. The van der Waals surface area contributed by atoms with Crippen molar-refractivity contribution in [3.63, 3.8) is 0 Å². The summed E-state index contributed by atoms with van der Waals surface area (Å²) in [5.74, 6) is 0.363. The van der Waals surface area contributed by atoms with Crippen molar-refractivity contribution < 1.29 is 37.0 Å². The number of esters is 1. The van der Waals surface area contributed by atoms with E-state index < -0.39 is 53.3 Å². The molecule has 0 N–H and O–H groups in total. The first kappa shape index (κ1) is 24.9. The Morgan fingerprint density at radius 3 is 2.50 bits per heavy atom. The molecular weight excluding hydrogens is 461 g/mol. The maximum Gasteiger partial charge on any atom is 0.423 e. The van der Waals surface area contributed by atoms with Gasteiger partial charge >= 0.3 is 17.8 Å². The highest BCUT2D eigenvalue weighted by atomic mass is 19.4. The fraction of sp³-hybridized carbons (Fsp3) is 0.364. The van der Waals surface area contributed by atoms with Crippen LogP contribution in [0.25, 0.3) is 0 Å². The number of hydrogen-bond acceptors (Lipinski definition) is 7. The van der Waals surface area contributed by atoms with Crippen LogP contribution in [0, 0.1) is 12.3 Å². The lowest BCUT2D eigenvalue weighted by atomic mass is 10.2. The largest absolute Gasteiger partial charge is 0.463 e. The molecule has 1 aliphatic heterocycles. The van der Waals surface area contributed by atoms with Gasteiger partial charge in [-0.2, -0.15) is 17.7 Å². The normalized spacial score (nSPS) is 20.0. The summed E-state index contributed by atoms with van der Waals surface area (Å²) in [4.78, 5) is 49.6. The van der Waals surface area contributed by atoms with E-state index in [2.05, 4.69) is 5.92 Å². The maximum atomic E-state index is 13.6. The van der Waals surface area contributed by atoms with Gasteiger partial charge in [-0.05, 0) is 12.1 Å². The molecule has 0 amide bonds. The molecule has 180 valence electrons. The van der Waals surface area contributed by atoms with Crippen LogP contribution < -0.4 is 11.2 Å². The van der Waals surface area contributed by atoms with Crippen molar-refractivity contribution in [2.75, 3.05) is 13.2 Å². The lowest BCUT2D eigenvalue weighted by Crippen LogP contribution is -2.47. The standard InChI is InChI=1S/C22H19F3N2O7/c1-3-9-32-16-10-18(34-17(16)12-33-13(2)28)26-11-15(22(23,24)25)20(30)27(21(26)31)19(29)14-7-5-4-6-8-14/h1,4-8,11,16-18H,9-10,12H2,2H3/t16-,17+,18+/m0/s1. The zero-order valence-electron chi connectivity index (χ0n) is 17.8. The van der Waals surface area contributed by atoms with Crippen LogP contribution >= 0.6 is 0 Å². The Kier molecular flexibility index (Phi) is 7.38. The van der Waals surface area contributed by atoms with Crippen LogP contribution in [-0.4, -0.2) is 46.4 Å². The molecule has 1 aliphatic rings. The quantitative estimate of drug-likeness (QED) is 0.457. The highest BCUT2D eigenvalue weighted by Crippen LogP contribution is 2.32. The van der Waals surface area contributed by atoms with Crippen LogP contribution in [0.4, 0.5) is 13.2 Å². The van der Waals surface area contributed by atoms with Crippen LogP contribution in [0.3, 0.4) is 0 Å². The Balaban J connectivity index is 2.10. The molecule has 1 aromatic heterocycles. The minimum Gasteiger partial charge on any atom is -0.463 e. The number of halogens is 3. The predicted octanol–water partition coefficient (Wildman–Crippen LogP) is 1.59. The van der Waals surface area contributed by atoms with Crippen LogP contribution in [0.15, 0.2) is 46.1 Å². The van der Waals surface area contributed by atoms with E-state index in [1.165, 1.54) is 24.3 Å². The summed E-state index contributed by atoms with van der Waals surface area (Å²) in [6.45, 7) is 0.658. The van der Waals surface area contributed by atoms with Gasteiger partial charge in [0.1, 0.15) is 31.1 Å². The van der Waals surface area contributed by atoms with Gasteiger partial charge in [-0.3, -0.25) is 19.0 Å². The molecule has 0 bridgehead atoms. The van der Waals surface area contributed by atoms with Crippen LogP contribution in [-0.2, 0) is 25.2 Å². The molecule has 0 aliphatic carbocycles. The zero-order valence-corrected chi connectivity index (χ0v) is 17.8. The van der Waals surface area contributed by atoms with Crippen molar-refractivity contribution in [2.24, 2.45) is 0 Å². The van der Waals surface area contributed by atoms with Gasteiger partial charge in [0.15, 0.2) is 0 Å². The molecule has 2 aromatic rings. The van der Waals surface area contributed by atoms with Gasteiger partial charge in [0.25, 0.3) is 11.5 Å². The minimum absolute atomic E-state index is 0.0851. The van der Waals surface area contributed by atoms with E-state index in [-0.39, 0.29) is 29.8 Å². The average molecular weight is 480 g/mol. The summed E-state index contributed by atoms with van der Waals surface area (Å²) < 4.78 is 57.3. The number of carbonyl (C=O) groups excluding carboxylic acids is 2. The third-order valence-corrected chi connectivity index (χ3v) is 4.97. The summed E-state index contributed by atoms with van der Waals surface area (Å²) in [5.41, 5.74) is -5.04. The van der Waals surface area contributed by atoms with Gasteiger partial charge in [0.2, 0.25) is 0 Å². The van der Waals surface area contributed by atoms with E-state index in [0.717, 1.165) is 6.92 Å². The predicted molar refractivity (Wildman–Crippen MR) is 110 cm³/mol. The van der Waals surface area contributed by atoms with Crippen molar-refractivity contribution in [2.45, 2.75) is 38.0 Å². The summed E-state index contributed by atoms with van der Waals surface area (Å²) in [7, 11) is 0. The molecule has 1 aromatic carbocycles. The molecule has 34 heavy (non-hydrogen) atoms. The Morgan fingerprint density at radius 2 is 1.91 bits per heavy atom. The van der Waals surface area contributed by atoms with Gasteiger partial charge in [-0.1, -0.05) is 24.1 Å². The third kappa shape index (κ3) is 5.27. The number of alkyl halides is 3. The Bertz CT molecular complexity index is 1230. The number of aromatic nitrogens is 2. The lowest BCUT2D eigenvalue weighted by Gasteiger charge is -2.19. The highest BCUT2D eigenvalue weighted by molar-refractivity contribution is 5.95. The van der Waals surface area contributed by atoms with E-state index in [9.17, 15) is 32.3 Å². The topological polar surface area (TPSA) is 106 Å². The Labute approximate surface area is 190 Å². The van der Waals surface area contributed by atoms with Gasteiger partial charge in [0.05, 0.1) is 6.10 Å². The zero-order chi connectivity index (χ0) is 25.0. The third-order valence-electron chi connectivity index (χ3n) is 4.97. The second-order valence-electron chi connectivity index (χ2n) is 7.26. The lowest BCUT2D eigenvalue weighted by molar-refractivity contribution is -0.148. The molecule has 9 nitrogen and oxygen atoms in total. The number of hydrogen-bond donors (Lipinski definition) is 0. The average Bonchev–Trinajstić information content (AvgIpc) is 3.18. The van der Waals surface area contributed by atoms with Crippen molar-refractivity contribution in [1.82, 2.24) is 9.13 Å². The van der Waals surface area contributed by atoms with E-state index in [0.29, 0.717) is 10.8 Å². The summed E-state index contributed by atoms with van der Waals surface area (Å²) in [5, 5.41) is 0. The van der Waals surface area contributed by atoms with Crippen LogP contribution in [0.5, 0.6) is 0 Å². The van der Waals surface area contributed by atoms with E-state index >= 15 is 0 Å². The molecule has 0 radical (unpaired) electrons. The molecular formula is C22H19F3N2O7. The first-order valence-electron chi connectivity index (χ1n) is 9.93. The Morgan fingerprint density at radius 1 is 1.24 bits per heavy atom. The first-order valence-corrected chi connectivity index (χ1v) is 9.93. The fourth-order valence-corrected chi connectivity index (χ4v) is 3.41. The molecule has 1 saturated heterocycles. The van der Waals surface area contributed by atoms with Gasteiger partial charge < -0.3 is 14.2 Å². The number of carbonyl (C=O) groups is 2. The molecule has 0 unspecified atom stereocenters. The Hall–Kier alpha value is -3.69. The SMILES string of the molecule is C#CCO[C@H]1C[C@H](n2cc(C(F)(F)F)c(=O)n(C(=O)c3ccccc3)c2=O)O[C@@H]1COC(C)=O. The van der Waals surface area contributed by atoms with Crippen molar-refractivity contribution in [3.05, 3.63) is 68.5 Å². The molecule has 1 fully saturated rings. The fourth-order valence-electron chi connectivity index (χ4n) is 3.41. The number of ether oxygens (including phenoxy) is 3. The van der Waals surface area contributed by atoms with Crippen molar-refractivity contribution in [1.29, 1.82) is 0 Å². The van der Waals surface area contributed by atoms with Gasteiger partial charge in [-0.15, -0.1) is 6.42 Å². The van der Waals surface area contributed by atoms with Crippen LogP contribution in [0.1, 0.15) is 35.5 Å². The number of nitrogens with zero attached hydrogens (tertiary/aromatic N) is 2. The monoisotopic (exact) mass is 480 g/mol. The molecule has 0 spiro atoms. The molecule has 3 rings (SSSR count). The highest BCUT2D eigenvalue weighted by Gasteiger charge is 2.42. The summed E-state index contributed by atoms with van der Waals surface area (Å²) in [6.07, 6.45) is -3.02. The maximum absolute atomic E-state index is 13.6. The molecule has 2 heterocycles. The second-order valence-corrected chi connectivity index (χ2v) is 7.26. The minimum atomic E-state index is -5.17. The summed E-state index contributed by atoms with van der Waals surface area (Å²) >= 11 is 0. The van der Waals surface area contributed by atoms with E-state index in [1.807, 2.05) is 0 Å². The van der Waals surface area contributed by atoms with E-state index in [4.69, 9.17) is 20.6 Å². The smallest absolute Gasteiger partial charge is 0.423 e. The van der Waals surface area contributed by atoms with E-state index in [1.54, 1.807) is 6.07 Å². The first-order chi connectivity index (χ1) is 16.0.